The van der Waals surface area contributed by atoms with Gasteiger partial charge < -0.3 is 15.7 Å². The monoisotopic (exact) mass is 242 g/mol. The Labute approximate surface area is 104 Å². The van der Waals surface area contributed by atoms with Crippen molar-refractivity contribution in [1.29, 1.82) is 0 Å². The number of rotatable bonds is 5. The first-order valence-corrected chi connectivity index (χ1v) is 6.61. The third kappa shape index (κ3) is 4.54. The van der Waals surface area contributed by atoms with Crippen LogP contribution in [0.25, 0.3) is 0 Å². The molecule has 4 heteroatoms. The summed E-state index contributed by atoms with van der Waals surface area (Å²) in [7, 11) is 0. The van der Waals surface area contributed by atoms with Crippen molar-refractivity contribution < 1.29 is 9.90 Å². The molecule has 2 amide bonds. The van der Waals surface area contributed by atoms with Gasteiger partial charge in [-0.1, -0.05) is 27.2 Å². The normalized spacial score (nSPS) is 24.4. The Hall–Kier alpha value is -0.770. The average molecular weight is 242 g/mol. The Morgan fingerprint density at radius 1 is 1.53 bits per heavy atom. The molecular weight excluding hydrogens is 216 g/mol. The minimum atomic E-state index is -0.0743. The molecule has 17 heavy (non-hydrogen) atoms. The summed E-state index contributed by atoms with van der Waals surface area (Å²) in [6, 6.07) is 0.213. The quantitative estimate of drug-likeness (QED) is 0.689. The predicted molar refractivity (Wildman–Crippen MR) is 68.8 cm³/mol. The first-order chi connectivity index (χ1) is 7.95. The summed E-state index contributed by atoms with van der Waals surface area (Å²) in [5, 5.41) is 14.7. The molecular formula is C13H26N2O2. The molecule has 3 N–H and O–H groups in total. The molecule has 4 nitrogen and oxygen atoms in total. The Morgan fingerprint density at radius 3 is 2.76 bits per heavy atom. The number of nitrogens with one attached hydrogen (secondary N) is 2. The summed E-state index contributed by atoms with van der Waals surface area (Å²) in [6.45, 7) is 7.24. The first kappa shape index (κ1) is 14.3. The van der Waals surface area contributed by atoms with Crippen LogP contribution < -0.4 is 10.6 Å². The third-order valence-corrected chi connectivity index (χ3v) is 3.80. The van der Waals surface area contributed by atoms with Gasteiger partial charge in [-0.05, 0) is 30.6 Å². The smallest absolute Gasteiger partial charge is 0.315 e. The second-order valence-electron chi connectivity index (χ2n) is 5.91. The Morgan fingerprint density at radius 2 is 2.24 bits per heavy atom. The largest absolute Gasteiger partial charge is 0.396 e. The van der Waals surface area contributed by atoms with Crippen molar-refractivity contribution in [2.24, 2.45) is 11.3 Å². The van der Waals surface area contributed by atoms with E-state index in [0.717, 1.165) is 12.8 Å². The number of hydrogen-bond donors (Lipinski definition) is 3. The zero-order valence-electron chi connectivity index (χ0n) is 11.3. The number of aliphatic hydroxyl groups excluding tert-OH is 1. The Bertz CT molecular complexity index is 254. The van der Waals surface area contributed by atoms with E-state index in [1.54, 1.807) is 0 Å². The number of hydrogen-bond acceptors (Lipinski definition) is 2. The van der Waals surface area contributed by atoms with Crippen LogP contribution in [0.1, 0.15) is 46.5 Å². The number of carbonyl (C=O) groups is 1. The summed E-state index contributed by atoms with van der Waals surface area (Å²) in [6.07, 6.45) is 4.18. The lowest BCUT2D eigenvalue weighted by Gasteiger charge is -2.28. The SMILES string of the molecule is CC(CCO)CNC(=O)NC1CCCC1(C)C. The highest BCUT2D eigenvalue weighted by Crippen LogP contribution is 2.36. The summed E-state index contributed by atoms with van der Waals surface area (Å²) >= 11 is 0. The second kappa shape index (κ2) is 6.24. The second-order valence-corrected chi connectivity index (χ2v) is 5.91. The van der Waals surface area contributed by atoms with Crippen molar-refractivity contribution in [3.63, 3.8) is 0 Å². The van der Waals surface area contributed by atoms with E-state index < -0.39 is 0 Å². The van der Waals surface area contributed by atoms with E-state index in [2.05, 4.69) is 24.5 Å². The topological polar surface area (TPSA) is 61.4 Å². The fourth-order valence-electron chi connectivity index (χ4n) is 2.39. The molecule has 1 aliphatic carbocycles. The van der Waals surface area contributed by atoms with Gasteiger partial charge in [0.15, 0.2) is 0 Å². The number of urea groups is 1. The molecule has 0 aromatic heterocycles. The molecule has 1 fully saturated rings. The van der Waals surface area contributed by atoms with Crippen molar-refractivity contribution in [2.75, 3.05) is 13.2 Å². The maximum absolute atomic E-state index is 11.7. The van der Waals surface area contributed by atoms with Crippen LogP contribution in [0.4, 0.5) is 4.79 Å². The standard InChI is InChI=1S/C13H26N2O2/c1-10(6-8-16)9-14-12(17)15-11-5-4-7-13(11,2)3/h10-11,16H,4-9H2,1-3H3,(H2,14,15,17). The molecule has 2 unspecified atom stereocenters. The molecule has 100 valence electrons. The summed E-state index contributed by atoms with van der Waals surface area (Å²) < 4.78 is 0. The van der Waals surface area contributed by atoms with Crippen LogP contribution in [-0.2, 0) is 0 Å². The molecule has 0 bridgehead atoms. The van der Waals surface area contributed by atoms with Crippen molar-refractivity contribution in [2.45, 2.75) is 52.5 Å². The van der Waals surface area contributed by atoms with Gasteiger partial charge in [-0.3, -0.25) is 0 Å². The number of carbonyl (C=O) groups excluding carboxylic acids is 1. The molecule has 0 aromatic rings. The molecule has 1 saturated carbocycles. The Balaban J connectivity index is 2.25. The molecule has 0 aliphatic heterocycles. The average Bonchev–Trinajstić information content (AvgIpc) is 2.56. The first-order valence-electron chi connectivity index (χ1n) is 6.61. The third-order valence-electron chi connectivity index (χ3n) is 3.80. The van der Waals surface area contributed by atoms with Gasteiger partial charge in [-0.2, -0.15) is 0 Å². The van der Waals surface area contributed by atoms with Gasteiger partial charge in [-0.25, -0.2) is 4.79 Å². The molecule has 0 saturated heterocycles. The van der Waals surface area contributed by atoms with E-state index in [-0.39, 0.29) is 24.1 Å². The molecule has 0 aromatic carbocycles. The van der Waals surface area contributed by atoms with E-state index in [4.69, 9.17) is 5.11 Å². The fraction of sp³-hybridized carbons (Fsp3) is 0.923. The van der Waals surface area contributed by atoms with Crippen LogP contribution in [0, 0.1) is 11.3 Å². The predicted octanol–water partition coefficient (Wildman–Crippen LogP) is 1.88. The van der Waals surface area contributed by atoms with Gasteiger partial charge in [0, 0.05) is 19.2 Å². The van der Waals surface area contributed by atoms with Crippen LogP contribution in [0.3, 0.4) is 0 Å². The fourth-order valence-corrected chi connectivity index (χ4v) is 2.39. The van der Waals surface area contributed by atoms with Crippen molar-refractivity contribution in [1.82, 2.24) is 10.6 Å². The van der Waals surface area contributed by atoms with Gasteiger partial charge in [0.2, 0.25) is 0 Å². The van der Waals surface area contributed by atoms with Crippen molar-refractivity contribution in [3.8, 4) is 0 Å². The van der Waals surface area contributed by atoms with E-state index in [0.29, 0.717) is 12.5 Å². The maximum Gasteiger partial charge on any atom is 0.315 e. The molecule has 0 heterocycles. The Kier molecular flexibility index (Phi) is 5.25. The van der Waals surface area contributed by atoms with Crippen LogP contribution in [-0.4, -0.2) is 30.3 Å². The lowest BCUT2D eigenvalue weighted by atomic mass is 9.87. The van der Waals surface area contributed by atoms with Crippen molar-refractivity contribution >= 4 is 6.03 Å². The van der Waals surface area contributed by atoms with Gasteiger partial charge in [0.25, 0.3) is 0 Å². The highest BCUT2D eigenvalue weighted by atomic mass is 16.3. The zero-order valence-corrected chi connectivity index (χ0v) is 11.3. The molecule has 0 spiro atoms. The highest BCUT2D eigenvalue weighted by molar-refractivity contribution is 5.74. The van der Waals surface area contributed by atoms with Gasteiger partial charge in [-0.15, -0.1) is 0 Å². The minimum absolute atomic E-state index is 0.0743. The molecule has 1 rings (SSSR count). The lowest BCUT2D eigenvalue weighted by Crippen LogP contribution is -2.47. The van der Waals surface area contributed by atoms with E-state index in [1.807, 2.05) is 6.92 Å². The van der Waals surface area contributed by atoms with E-state index in [9.17, 15) is 4.79 Å². The van der Waals surface area contributed by atoms with E-state index in [1.165, 1.54) is 12.8 Å². The summed E-state index contributed by atoms with van der Waals surface area (Å²) in [5.74, 6) is 0.322. The van der Waals surface area contributed by atoms with Crippen LogP contribution in [0.5, 0.6) is 0 Å². The summed E-state index contributed by atoms with van der Waals surface area (Å²) in [4.78, 5) is 11.7. The van der Waals surface area contributed by atoms with Gasteiger partial charge in [0.1, 0.15) is 0 Å². The van der Waals surface area contributed by atoms with Crippen LogP contribution >= 0.6 is 0 Å². The summed E-state index contributed by atoms with van der Waals surface area (Å²) in [5.41, 5.74) is 0.216. The van der Waals surface area contributed by atoms with Crippen molar-refractivity contribution in [3.05, 3.63) is 0 Å². The lowest BCUT2D eigenvalue weighted by molar-refractivity contribution is 0.218. The van der Waals surface area contributed by atoms with Gasteiger partial charge >= 0.3 is 6.03 Å². The van der Waals surface area contributed by atoms with E-state index >= 15 is 0 Å². The number of aliphatic hydroxyl groups is 1. The highest BCUT2D eigenvalue weighted by Gasteiger charge is 2.35. The molecule has 0 radical (unpaired) electrons. The minimum Gasteiger partial charge on any atom is -0.396 e. The molecule has 1 aliphatic rings. The zero-order chi connectivity index (χ0) is 12.9. The molecule has 2 atom stereocenters. The van der Waals surface area contributed by atoms with Crippen LogP contribution in [0.15, 0.2) is 0 Å². The van der Waals surface area contributed by atoms with Gasteiger partial charge in [0.05, 0.1) is 0 Å². The maximum atomic E-state index is 11.7. The van der Waals surface area contributed by atoms with Crippen LogP contribution in [0.2, 0.25) is 0 Å². The number of amides is 2.